The molecule has 0 aliphatic carbocycles. The number of anilines is 1. The first-order valence-electron chi connectivity index (χ1n) is 5.50. The quantitative estimate of drug-likeness (QED) is 0.730. The molecule has 0 radical (unpaired) electrons. The molecule has 1 rings (SSSR count). The van der Waals surface area contributed by atoms with Gasteiger partial charge in [-0.1, -0.05) is 19.9 Å². The molecule has 0 aliphatic rings. The number of nitrogens with one attached hydrogen (secondary N) is 1. The van der Waals surface area contributed by atoms with E-state index in [1.54, 1.807) is 0 Å². The molecule has 1 heterocycles. The van der Waals surface area contributed by atoms with Crippen LogP contribution < -0.4 is 10.1 Å². The molecule has 84 valence electrons. The summed E-state index contributed by atoms with van der Waals surface area (Å²) in [6.45, 7) is 5.19. The molecule has 1 aromatic rings. The van der Waals surface area contributed by atoms with Crippen LogP contribution in [0.25, 0.3) is 0 Å². The van der Waals surface area contributed by atoms with Gasteiger partial charge in [-0.25, -0.2) is 0 Å². The highest BCUT2D eigenvalue weighted by atomic mass is 16.5. The molecule has 0 amide bonds. The molecule has 15 heavy (non-hydrogen) atoms. The van der Waals surface area contributed by atoms with Crippen molar-refractivity contribution < 1.29 is 4.74 Å². The summed E-state index contributed by atoms with van der Waals surface area (Å²) in [7, 11) is 1.85. The molecular weight excluding hydrogens is 188 g/mol. The summed E-state index contributed by atoms with van der Waals surface area (Å²) >= 11 is 0. The van der Waals surface area contributed by atoms with Gasteiger partial charge in [0.1, 0.15) is 5.82 Å². The van der Waals surface area contributed by atoms with Crippen LogP contribution >= 0.6 is 0 Å². The highest BCUT2D eigenvalue weighted by Crippen LogP contribution is 2.11. The second kappa shape index (κ2) is 6.27. The highest BCUT2D eigenvalue weighted by Gasteiger charge is 1.98. The third-order valence-corrected chi connectivity index (χ3v) is 2.16. The third-order valence-electron chi connectivity index (χ3n) is 2.16. The second-order valence-corrected chi connectivity index (χ2v) is 4.00. The number of hydrogen-bond acceptors (Lipinski definition) is 3. The lowest BCUT2D eigenvalue weighted by Gasteiger charge is -2.07. The normalized spacial score (nSPS) is 10.4. The monoisotopic (exact) mass is 208 g/mol. The number of aromatic nitrogens is 1. The summed E-state index contributed by atoms with van der Waals surface area (Å²) in [5.74, 6) is 2.28. The van der Waals surface area contributed by atoms with Crippen LogP contribution in [0.2, 0.25) is 0 Å². The molecule has 0 fully saturated rings. The van der Waals surface area contributed by atoms with Gasteiger partial charge >= 0.3 is 0 Å². The predicted molar refractivity (Wildman–Crippen MR) is 63.4 cm³/mol. The lowest BCUT2D eigenvalue weighted by molar-refractivity contribution is 0.287. The molecule has 0 aliphatic heterocycles. The van der Waals surface area contributed by atoms with Crippen molar-refractivity contribution >= 4 is 5.82 Å². The Labute approximate surface area is 91.9 Å². The average Bonchev–Trinajstić information content (AvgIpc) is 2.24. The Morgan fingerprint density at radius 1 is 1.40 bits per heavy atom. The summed E-state index contributed by atoms with van der Waals surface area (Å²) in [6.07, 6.45) is 2.29. The molecule has 3 nitrogen and oxygen atoms in total. The van der Waals surface area contributed by atoms with E-state index in [1.807, 2.05) is 25.2 Å². The van der Waals surface area contributed by atoms with Crippen molar-refractivity contribution in [1.29, 1.82) is 0 Å². The van der Waals surface area contributed by atoms with Crippen LogP contribution in [-0.4, -0.2) is 18.6 Å². The van der Waals surface area contributed by atoms with Crippen LogP contribution in [0.1, 0.15) is 26.7 Å². The Hall–Kier alpha value is -1.25. The van der Waals surface area contributed by atoms with Crippen LogP contribution in [0.3, 0.4) is 0 Å². The van der Waals surface area contributed by atoms with Gasteiger partial charge in [-0.3, -0.25) is 0 Å². The number of hydrogen-bond donors (Lipinski definition) is 1. The predicted octanol–water partition coefficient (Wildman–Crippen LogP) is 2.94. The molecule has 0 spiro atoms. The van der Waals surface area contributed by atoms with Gasteiger partial charge in [-0.2, -0.15) is 4.98 Å². The van der Waals surface area contributed by atoms with E-state index < -0.39 is 0 Å². The molecular formula is C12H20N2O. The summed E-state index contributed by atoms with van der Waals surface area (Å²) in [4.78, 5) is 4.27. The van der Waals surface area contributed by atoms with Crippen molar-refractivity contribution in [3.8, 4) is 5.88 Å². The summed E-state index contributed by atoms with van der Waals surface area (Å²) < 4.78 is 5.55. The summed E-state index contributed by atoms with van der Waals surface area (Å²) in [5.41, 5.74) is 0. The first-order valence-corrected chi connectivity index (χ1v) is 5.50. The maximum Gasteiger partial charge on any atom is 0.215 e. The van der Waals surface area contributed by atoms with Crippen LogP contribution in [0.5, 0.6) is 5.88 Å². The molecule has 0 atom stereocenters. The molecule has 3 heteroatoms. The van der Waals surface area contributed by atoms with E-state index in [2.05, 4.69) is 24.1 Å². The Morgan fingerprint density at radius 2 is 2.20 bits per heavy atom. The third kappa shape index (κ3) is 4.68. The minimum Gasteiger partial charge on any atom is -0.478 e. The van der Waals surface area contributed by atoms with Crippen LogP contribution in [-0.2, 0) is 0 Å². The van der Waals surface area contributed by atoms with E-state index >= 15 is 0 Å². The smallest absolute Gasteiger partial charge is 0.215 e. The van der Waals surface area contributed by atoms with Crippen molar-refractivity contribution in [2.24, 2.45) is 5.92 Å². The zero-order valence-electron chi connectivity index (χ0n) is 9.79. The highest BCUT2D eigenvalue weighted by molar-refractivity contribution is 5.35. The van der Waals surface area contributed by atoms with Crippen molar-refractivity contribution in [2.45, 2.75) is 26.7 Å². The molecule has 0 unspecified atom stereocenters. The summed E-state index contributed by atoms with van der Waals surface area (Å²) in [5, 5.41) is 2.98. The number of nitrogens with zero attached hydrogens (tertiary/aromatic N) is 1. The minimum absolute atomic E-state index is 0.700. The zero-order valence-corrected chi connectivity index (χ0v) is 9.79. The van der Waals surface area contributed by atoms with Gasteiger partial charge in [-0.05, 0) is 24.8 Å². The van der Waals surface area contributed by atoms with Gasteiger partial charge in [0.15, 0.2) is 0 Å². The number of ether oxygens (including phenoxy) is 1. The van der Waals surface area contributed by atoms with Gasteiger partial charge in [0.05, 0.1) is 6.61 Å². The minimum atomic E-state index is 0.700. The fraction of sp³-hybridized carbons (Fsp3) is 0.583. The molecule has 1 aromatic heterocycles. The lowest BCUT2D eigenvalue weighted by Crippen LogP contribution is -2.02. The fourth-order valence-electron chi connectivity index (χ4n) is 1.30. The van der Waals surface area contributed by atoms with Crippen molar-refractivity contribution in [3.05, 3.63) is 18.2 Å². The Morgan fingerprint density at radius 3 is 2.87 bits per heavy atom. The first kappa shape index (κ1) is 11.8. The van der Waals surface area contributed by atoms with Gasteiger partial charge in [0.2, 0.25) is 5.88 Å². The standard InChI is InChI=1S/C12H20N2O/c1-10(2)6-5-9-15-12-8-4-7-11(13-3)14-12/h4,7-8,10H,5-6,9H2,1-3H3,(H,13,14). The maximum absolute atomic E-state index is 5.55. The van der Waals surface area contributed by atoms with Gasteiger partial charge in [0, 0.05) is 13.1 Å². The van der Waals surface area contributed by atoms with Crippen LogP contribution in [0.4, 0.5) is 5.82 Å². The SMILES string of the molecule is CNc1cccc(OCCCC(C)C)n1. The Balaban J connectivity index is 2.30. The van der Waals surface area contributed by atoms with Crippen molar-refractivity contribution in [2.75, 3.05) is 19.0 Å². The van der Waals surface area contributed by atoms with Crippen LogP contribution in [0.15, 0.2) is 18.2 Å². The Bertz CT molecular complexity index is 287. The fourth-order valence-corrected chi connectivity index (χ4v) is 1.30. The number of rotatable bonds is 6. The summed E-state index contributed by atoms with van der Waals surface area (Å²) in [6, 6.07) is 5.74. The number of pyridine rings is 1. The molecule has 0 saturated carbocycles. The molecule has 0 aromatic carbocycles. The van der Waals surface area contributed by atoms with Gasteiger partial charge in [0.25, 0.3) is 0 Å². The van der Waals surface area contributed by atoms with Crippen molar-refractivity contribution in [1.82, 2.24) is 4.98 Å². The van der Waals surface area contributed by atoms with Gasteiger partial charge in [-0.15, -0.1) is 0 Å². The molecule has 0 saturated heterocycles. The lowest BCUT2D eigenvalue weighted by atomic mass is 10.1. The van der Waals surface area contributed by atoms with E-state index in [9.17, 15) is 0 Å². The van der Waals surface area contributed by atoms with E-state index in [4.69, 9.17) is 4.74 Å². The van der Waals surface area contributed by atoms with Crippen LogP contribution in [0, 0.1) is 5.92 Å². The van der Waals surface area contributed by atoms with Crippen molar-refractivity contribution in [3.63, 3.8) is 0 Å². The molecule has 1 N–H and O–H groups in total. The van der Waals surface area contributed by atoms with E-state index in [0.717, 1.165) is 24.8 Å². The second-order valence-electron chi connectivity index (χ2n) is 4.00. The maximum atomic E-state index is 5.55. The molecule has 0 bridgehead atoms. The van der Waals surface area contributed by atoms with E-state index in [0.29, 0.717) is 5.88 Å². The van der Waals surface area contributed by atoms with E-state index in [-0.39, 0.29) is 0 Å². The average molecular weight is 208 g/mol. The zero-order chi connectivity index (χ0) is 11.1. The topological polar surface area (TPSA) is 34.1 Å². The first-order chi connectivity index (χ1) is 7.22. The van der Waals surface area contributed by atoms with Gasteiger partial charge < -0.3 is 10.1 Å². The van der Waals surface area contributed by atoms with E-state index in [1.165, 1.54) is 6.42 Å². The largest absolute Gasteiger partial charge is 0.478 e. The Kier molecular flexibility index (Phi) is 4.95.